The van der Waals surface area contributed by atoms with Crippen molar-refractivity contribution in [1.29, 1.82) is 0 Å². The third kappa shape index (κ3) is 6.90. The lowest BCUT2D eigenvalue weighted by atomic mass is 9.89. The van der Waals surface area contributed by atoms with Crippen LogP contribution >= 0.6 is 0 Å². The molecule has 7 rings (SSSR count). The van der Waals surface area contributed by atoms with Crippen LogP contribution in [-0.2, 0) is 22.6 Å². The quantitative estimate of drug-likeness (QED) is 0.131. The number of aliphatic hydroxyl groups excluding tert-OH is 1. The molecule has 2 amide bonds. The Labute approximate surface area is 288 Å². The molecule has 4 atom stereocenters. The molecule has 4 aromatic carbocycles. The Kier molecular flexibility index (Phi) is 9.87. The molecule has 1 aliphatic carbocycles. The molecule has 1 N–H and O–H groups in total. The van der Waals surface area contributed by atoms with Crippen LogP contribution in [0.2, 0.25) is 0 Å². The van der Waals surface area contributed by atoms with Crippen LogP contribution < -0.4 is 0 Å². The lowest BCUT2D eigenvalue weighted by Gasteiger charge is -2.43. The number of fused-ring (bicyclic) bond motifs is 1. The highest BCUT2D eigenvalue weighted by Crippen LogP contribution is 2.43. The third-order valence-electron chi connectivity index (χ3n) is 10.4. The predicted molar refractivity (Wildman–Crippen MR) is 190 cm³/mol. The summed E-state index contributed by atoms with van der Waals surface area (Å²) in [6.45, 7) is 8.08. The molecule has 0 unspecified atom stereocenters. The van der Waals surface area contributed by atoms with Gasteiger partial charge < -0.3 is 14.6 Å². The standard InChI is InChI=1S/C42H44N2O5/c1-3-22-43(35-14-4-5-15-35)26-38-28(2)39(31-20-18-29(27-45)19-21-31)49-42(48-38)34-13-9-12-33(24-34)32-11-8-10-30(23-32)25-44-40(46)36-16-6-7-17-37(36)41(44)47/h3,6-13,16-21,23-24,28,35,38-39,42,45H,1,4-5,14-15,22,25-27H2,2H3/t28-,38+,39+,42+/m0/s1. The topological polar surface area (TPSA) is 79.3 Å². The third-order valence-corrected chi connectivity index (χ3v) is 10.4. The van der Waals surface area contributed by atoms with Crippen LogP contribution in [0.3, 0.4) is 0 Å². The molecule has 0 aromatic heterocycles. The van der Waals surface area contributed by atoms with Crippen LogP contribution in [0.15, 0.2) is 110 Å². The summed E-state index contributed by atoms with van der Waals surface area (Å²) in [4.78, 5) is 29.9. The van der Waals surface area contributed by atoms with Gasteiger partial charge in [-0.2, -0.15) is 0 Å². The summed E-state index contributed by atoms with van der Waals surface area (Å²) in [5, 5.41) is 9.65. The molecule has 49 heavy (non-hydrogen) atoms. The molecule has 0 bridgehead atoms. The van der Waals surface area contributed by atoms with Gasteiger partial charge in [0.05, 0.1) is 36.5 Å². The zero-order chi connectivity index (χ0) is 33.9. The second kappa shape index (κ2) is 14.6. The minimum absolute atomic E-state index is 0.0000895. The molecule has 4 aromatic rings. The van der Waals surface area contributed by atoms with Crippen molar-refractivity contribution < 1.29 is 24.2 Å². The first kappa shape index (κ1) is 33.1. The average molecular weight is 657 g/mol. The number of ether oxygens (including phenoxy) is 2. The van der Waals surface area contributed by atoms with Gasteiger partial charge in [0.25, 0.3) is 11.8 Å². The SMILES string of the molecule is C=CCN(C[C@H]1O[C@@H](c2cccc(-c3cccc(CN4C(=O)c5ccccc5C4=O)c3)c2)O[C@@H](c2ccc(CO)cc2)[C@H]1C)C1CCCC1. The Morgan fingerprint density at radius 2 is 1.49 bits per heavy atom. The largest absolute Gasteiger partial charge is 0.392 e. The van der Waals surface area contributed by atoms with Gasteiger partial charge in [-0.05, 0) is 64.9 Å². The molecule has 0 spiro atoms. The molecular formula is C42H44N2O5. The first-order valence-corrected chi connectivity index (χ1v) is 17.4. The van der Waals surface area contributed by atoms with Gasteiger partial charge in [0, 0.05) is 30.6 Å². The normalized spacial score (nSPS) is 22.6. The van der Waals surface area contributed by atoms with E-state index in [2.05, 4.69) is 42.7 Å². The second-order valence-corrected chi connectivity index (χ2v) is 13.6. The average Bonchev–Trinajstić information content (AvgIpc) is 3.76. The molecule has 252 valence electrons. The van der Waals surface area contributed by atoms with Crippen LogP contribution in [0.4, 0.5) is 0 Å². The summed E-state index contributed by atoms with van der Waals surface area (Å²) >= 11 is 0. The van der Waals surface area contributed by atoms with Crippen molar-refractivity contribution in [2.24, 2.45) is 5.92 Å². The highest BCUT2D eigenvalue weighted by Gasteiger charge is 2.40. The van der Waals surface area contributed by atoms with Crippen molar-refractivity contribution in [1.82, 2.24) is 9.80 Å². The van der Waals surface area contributed by atoms with Crippen LogP contribution in [-0.4, -0.2) is 52.0 Å². The molecule has 2 aliphatic heterocycles. The molecule has 2 heterocycles. The van der Waals surface area contributed by atoms with Gasteiger partial charge in [-0.1, -0.05) is 98.6 Å². The van der Waals surface area contributed by atoms with Gasteiger partial charge in [0.2, 0.25) is 0 Å². The van der Waals surface area contributed by atoms with E-state index < -0.39 is 6.29 Å². The Hall–Kier alpha value is -4.40. The molecule has 2 fully saturated rings. The smallest absolute Gasteiger partial charge is 0.261 e. The highest BCUT2D eigenvalue weighted by molar-refractivity contribution is 6.21. The summed E-state index contributed by atoms with van der Waals surface area (Å²) in [5.74, 6) is -0.431. The molecular weight excluding hydrogens is 612 g/mol. The molecule has 0 radical (unpaired) electrons. The maximum absolute atomic E-state index is 13.0. The molecule has 7 nitrogen and oxygen atoms in total. The number of hydrogen-bond donors (Lipinski definition) is 1. The fraction of sp³-hybridized carbons (Fsp3) is 0.333. The van der Waals surface area contributed by atoms with Crippen molar-refractivity contribution in [2.45, 2.75) is 70.3 Å². The fourth-order valence-corrected chi connectivity index (χ4v) is 7.65. The van der Waals surface area contributed by atoms with Gasteiger partial charge in [0.15, 0.2) is 6.29 Å². The lowest BCUT2D eigenvalue weighted by Crippen LogP contribution is -2.47. The van der Waals surface area contributed by atoms with E-state index in [4.69, 9.17) is 9.47 Å². The summed E-state index contributed by atoms with van der Waals surface area (Å²) in [7, 11) is 0. The molecule has 7 heteroatoms. The lowest BCUT2D eigenvalue weighted by molar-refractivity contribution is -0.276. The monoisotopic (exact) mass is 656 g/mol. The van der Waals surface area contributed by atoms with Crippen molar-refractivity contribution in [3.8, 4) is 11.1 Å². The number of nitrogens with zero attached hydrogens (tertiary/aromatic N) is 2. The molecule has 1 saturated heterocycles. The second-order valence-electron chi connectivity index (χ2n) is 13.6. The number of carbonyl (C=O) groups is 2. The zero-order valence-corrected chi connectivity index (χ0v) is 28.0. The fourth-order valence-electron chi connectivity index (χ4n) is 7.65. The van der Waals surface area contributed by atoms with E-state index in [0.717, 1.165) is 46.5 Å². The maximum atomic E-state index is 13.0. The Bertz CT molecular complexity index is 1780. The first-order chi connectivity index (χ1) is 23.9. The van der Waals surface area contributed by atoms with E-state index in [1.165, 1.54) is 30.6 Å². The van der Waals surface area contributed by atoms with Crippen molar-refractivity contribution >= 4 is 11.8 Å². The van der Waals surface area contributed by atoms with Gasteiger partial charge in [-0.3, -0.25) is 19.4 Å². The Balaban J connectivity index is 1.15. The number of carbonyl (C=O) groups excluding carboxylic acids is 2. The Morgan fingerprint density at radius 3 is 2.16 bits per heavy atom. The van der Waals surface area contributed by atoms with Crippen molar-refractivity contribution in [3.63, 3.8) is 0 Å². The summed E-state index contributed by atoms with van der Waals surface area (Å²) in [6.07, 6.45) is 6.07. The van der Waals surface area contributed by atoms with Gasteiger partial charge in [-0.15, -0.1) is 6.58 Å². The van der Waals surface area contributed by atoms with E-state index >= 15 is 0 Å². The van der Waals surface area contributed by atoms with Crippen LogP contribution in [0.25, 0.3) is 11.1 Å². The van der Waals surface area contributed by atoms with Crippen molar-refractivity contribution in [3.05, 3.63) is 143 Å². The van der Waals surface area contributed by atoms with E-state index in [1.54, 1.807) is 24.3 Å². The van der Waals surface area contributed by atoms with Gasteiger partial charge >= 0.3 is 0 Å². The highest BCUT2D eigenvalue weighted by atomic mass is 16.7. The van der Waals surface area contributed by atoms with E-state index in [1.807, 2.05) is 54.6 Å². The summed E-state index contributed by atoms with van der Waals surface area (Å²) in [6, 6.07) is 31.8. The summed E-state index contributed by atoms with van der Waals surface area (Å²) < 4.78 is 13.6. The molecule has 1 saturated carbocycles. The van der Waals surface area contributed by atoms with E-state index in [0.29, 0.717) is 17.2 Å². The zero-order valence-electron chi connectivity index (χ0n) is 28.0. The van der Waals surface area contributed by atoms with Crippen LogP contribution in [0, 0.1) is 5.92 Å². The van der Waals surface area contributed by atoms with Gasteiger partial charge in [-0.25, -0.2) is 0 Å². The number of imide groups is 1. The number of rotatable bonds is 11. The number of benzene rings is 4. The minimum Gasteiger partial charge on any atom is -0.392 e. The molecule has 3 aliphatic rings. The van der Waals surface area contributed by atoms with E-state index in [-0.39, 0.29) is 43.1 Å². The van der Waals surface area contributed by atoms with Gasteiger partial charge in [0.1, 0.15) is 0 Å². The first-order valence-electron chi connectivity index (χ1n) is 17.4. The summed E-state index contributed by atoms with van der Waals surface area (Å²) in [5.41, 5.74) is 6.61. The maximum Gasteiger partial charge on any atom is 0.261 e. The Morgan fingerprint density at radius 1 is 0.816 bits per heavy atom. The number of aliphatic hydroxyl groups is 1. The van der Waals surface area contributed by atoms with Crippen LogP contribution in [0.5, 0.6) is 0 Å². The van der Waals surface area contributed by atoms with E-state index in [9.17, 15) is 14.7 Å². The van der Waals surface area contributed by atoms with Crippen molar-refractivity contribution in [2.75, 3.05) is 13.1 Å². The predicted octanol–water partition coefficient (Wildman–Crippen LogP) is 7.86. The van der Waals surface area contributed by atoms with Crippen LogP contribution in [0.1, 0.15) is 88.0 Å². The minimum atomic E-state index is -0.584. The number of hydrogen-bond acceptors (Lipinski definition) is 6. The number of amides is 2.